The summed E-state index contributed by atoms with van der Waals surface area (Å²) in [6.45, 7) is 2.00. The summed E-state index contributed by atoms with van der Waals surface area (Å²) in [7, 11) is 0. The van der Waals surface area contributed by atoms with Crippen LogP contribution in [0.2, 0.25) is 0 Å². The molecule has 1 aromatic rings. The fourth-order valence-electron chi connectivity index (χ4n) is 1.78. The molecule has 0 saturated carbocycles. The molecule has 0 radical (unpaired) electrons. The Morgan fingerprint density at radius 2 is 1.88 bits per heavy atom. The Balaban J connectivity index is 2.37. The number of fused-ring (bicyclic) bond motifs is 1. The standard InChI is InChI=1S/C12H15N3O2/c1-2-8(13)7-3-4-9-10(5-7)15-12(17)6-11(16)14-9/h3-5,8H,2,6,13H2,1H3,(H,14,16)(H,15,17). The summed E-state index contributed by atoms with van der Waals surface area (Å²) < 4.78 is 0. The first-order chi connectivity index (χ1) is 8.10. The van der Waals surface area contributed by atoms with E-state index in [9.17, 15) is 9.59 Å². The lowest BCUT2D eigenvalue weighted by atomic mass is 10.0. The molecule has 17 heavy (non-hydrogen) atoms. The van der Waals surface area contributed by atoms with Crippen LogP contribution in [0, 0.1) is 0 Å². The third-order valence-corrected chi connectivity index (χ3v) is 2.78. The van der Waals surface area contributed by atoms with Gasteiger partial charge in [-0.3, -0.25) is 9.59 Å². The van der Waals surface area contributed by atoms with Crippen LogP contribution in [-0.4, -0.2) is 11.8 Å². The first-order valence-corrected chi connectivity index (χ1v) is 5.59. The van der Waals surface area contributed by atoms with Crippen LogP contribution in [0.4, 0.5) is 11.4 Å². The minimum atomic E-state index is -0.302. The lowest BCUT2D eigenvalue weighted by Gasteiger charge is -2.13. The first-order valence-electron chi connectivity index (χ1n) is 5.59. The minimum Gasteiger partial charge on any atom is -0.324 e. The zero-order valence-electron chi connectivity index (χ0n) is 9.62. The summed E-state index contributed by atoms with van der Waals surface area (Å²) >= 11 is 0. The molecule has 4 N–H and O–H groups in total. The highest BCUT2D eigenvalue weighted by Crippen LogP contribution is 2.28. The van der Waals surface area contributed by atoms with E-state index in [2.05, 4.69) is 10.6 Å². The number of benzene rings is 1. The fraction of sp³-hybridized carbons (Fsp3) is 0.333. The van der Waals surface area contributed by atoms with E-state index in [4.69, 9.17) is 5.73 Å². The average molecular weight is 233 g/mol. The molecule has 1 unspecified atom stereocenters. The molecule has 5 heteroatoms. The zero-order chi connectivity index (χ0) is 12.4. The predicted molar refractivity (Wildman–Crippen MR) is 65.5 cm³/mol. The summed E-state index contributed by atoms with van der Waals surface area (Å²) in [5.41, 5.74) is 8.11. The average Bonchev–Trinajstić information content (AvgIpc) is 2.43. The molecule has 1 aliphatic heterocycles. The summed E-state index contributed by atoms with van der Waals surface area (Å²) in [6, 6.07) is 5.39. The third kappa shape index (κ3) is 2.45. The molecule has 2 rings (SSSR count). The molecular formula is C12H15N3O2. The van der Waals surface area contributed by atoms with E-state index in [0.29, 0.717) is 11.4 Å². The normalized spacial score (nSPS) is 16.6. The van der Waals surface area contributed by atoms with Crippen LogP contribution >= 0.6 is 0 Å². The first kappa shape index (κ1) is 11.6. The van der Waals surface area contributed by atoms with E-state index in [1.54, 1.807) is 6.07 Å². The molecule has 2 amide bonds. The van der Waals surface area contributed by atoms with Crippen LogP contribution < -0.4 is 16.4 Å². The number of hydrogen-bond acceptors (Lipinski definition) is 3. The van der Waals surface area contributed by atoms with E-state index in [0.717, 1.165) is 12.0 Å². The molecule has 90 valence electrons. The van der Waals surface area contributed by atoms with Crippen molar-refractivity contribution in [2.45, 2.75) is 25.8 Å². The largest absolute Gasteiger partial charge is 0.324 e. The Morgan fingerprint density at radius 1 is 1.24 bits per heavy atom. The maximum Gasteiger partial charge on any atom is 0.233 e. The molecule has 0 saturated heterocycles. The highest BCUT2D eigenvalue weighted by molar-refractivity contribution is 6.13. The summed E-state index contributed by atoms with van der Waals surface area (Å²) in [6.07, 6.45) is 0.670. The van der Waals surface area contributed by atoms with Crippen molar-refractivity contribution in [2.75, 3.05) is 10.6 Å². The second kappa shape index (κ2) is 4.55. The molecule has 0 bridgehead atoms. The van der Waals surface area contributed by atoms with Crippen LogP contribution in [0.5, 0.6) is 0 Å². The number of carbonyl (C=O) groups is 2. The van der Waals surface area contributed by atoms with Crippen LogP contribution in [0.25, 0.3) is 0 Å². The topological polar surface area (TPSA) is 84.2 Å². The van der Waals surface area contributed by atoms with Crippen molar-refractivity contribution < 1.29 is 9.59 Å². The van der Waals surface area contributed by atoms with Gasteiger partial charge in [-0.15, -0.1) is 0 Å². The fourth-order valence-corrected chi connectivity index (χ4v) is 1.78. The number of amides is 2. The van der Waals surface area contributed by atoms with Gasteiger partial charge >= 0.3 is 0 Å². The number of rotatable bonds is 2. The van der Waals surface area contributed by atoms with Crippen molar-refractivity contribution in [3.05, 3.63) is 23.8 Å². The summed E-state index contributed by atoms with van der Waals surface area (Å²) in [5, 5.41) is 5.37. The highest BCUT2D eigenvalue weighted by atomic mass is 16.2. The Bertz CT molecular complexity index is 471. The maximum atomic E-state index is 11.4. The number of nitrogens with two attached hydrogens (primary N) is 1. The van der Waals surface area contributed by atoms with Gasteiger partial charge in [0.05, 0.1) is 11.4 Å². The Labute approximate surface area is 99.4 Å². The van der Waals surface area contributed by atoms with Gasteiger partial charge in [0.15, 0.2) is 0 Å². The van der Waals surface area contributed by atoms with Gasteiger partial charge in [-0.1, -0.05) is 13.0 Å². The molecule has 0 aromatic heterocycles. The van der Waals surface area contributed by atoms with Gasteiger partial charge in [0, 0.05) is 6.04 Å². The minimum absolute atomic E-state index is 0.0591. The second-order valence-corrected chi connectivity index (χ2v) is 4.09. The second-order valence-electron chi connectivity index (χ2n) is 4.09. The Kier molecular flexibility index (Phi) is 3.10. The van der Waals surface area contributed by atoms with Crippen molar-refractivity contribution in [1.82, 2.24) is 0 Å². The summed E-state index contributed by atoms with van der Waals surface area (Å²) in [5.74, 6) is -0.600. The van der Waals surface area contributed by atoms with Gasteiger partial charge in [0.2, 0.25) is 11.8 Å². The molecule has 1 aliphatic rings. The quantitative estimate of drug-likeness (QED) is 0.674. The van der Waals surface area contributed by atoms with Gasteiger partial charge < -0.3 is 16.4 Å². The number of carbonyl (C=O) groups excluding carboxylic acids is 2. The van der Waals surface area contributed by atoms with Gasteiger partial charge in [-0.05, 0) is 24.1 Å². The molecule has 0 fully saturated rings. The van der Waals surface area contributed by atoms with E-state index in [1.807, 2.05) is 19.1 Å². The van der Waals surface area contributed by atoms with Crippen molar-refractivity contribution in [3.63, 3.8) is 0 Å². The van der Waals surface area contributed by atoms with E-state index < -0.39 is 0 Å². The maximum absolute atomic E-state index is 11.4. The van der Waals surface area contributed by atoms with E-state index in [1.165, 1.54) is 0 Å². The molecule has 0 aliphatic carbocycles. The SMILES string of the molecule is CCC(N)c1ccc2c(c1)NC(=O)CC(=O)N2. The van der Waals surface area contributed by atoms with Crippen molar-refractivity contribution >= 4 is 23.2 Å². The van der Waals surface area contributed by atoms with Crippen molar-refractivity contribution in [1.29, 1.82) is 0 Å². The molecule has 0 spiro atoms. The predicted octanol–water partition coefficient (Wildman–Crippen LogP) is 1.38. The van der Waals surface area contributed by atoms with Gasteiger partial charge in [-0.2, -0.15) is 0 Å². The number of hydrogen-bond donors (Lipinski definition) is 3. The summed E-state index contributed by atoms with van der Waals surface area (Å²) in [4.78, 5) is 22.7. The lowest BCUT2D eigenvalue weighted by Crippen LogP contribution is -2.16. The van der Waals surface area contributed by atoms with E-state index in [-0.39, 0.29) is 24.3 Å². The molecule has 1 aromatic carbocycles. The van der Waals surface area contributed by atoms with Crippen LogP contribution in [-0.2, 0) is 9.59 Å². The number of anilines is 2. The van der Waals surface area contributed by atoms with Gasteiger partial charge in [0.25, 0.3) is 0 Å². The smallest absolute Gasteiger partial charge is 0.233 e. The Hall–Kier alpha value is -1.88. The van der Waals surface area contributed by atoms with Crippen LogP contribution in [0.3, 0.4) is 0 Å². The Morgan fingerprint density at radius 3 is 2.53 bits per heavy atom. The molecule has 5 nitrogen and oxygen atoms in total. The lowest BCUT2D eigenvalue weighted by molar-refractivity contribution is -0.123. The third-order valence-electron chi connectivity index (χ3n) is 2.78. The van der Waals surface area contributed by atoms with Gasteiger partial charge in [0.1, 0.15) is 6.42 Å². The highest BCUT2D eigenvalue weighted by Gasteiger charge is 2.18. The molecule has 1 atom stereocenters. The van der Waals surface area contributed by atoms with Crippen LogP contribution in [0.1, 0.15) is 31.4 Å². The van der Waals surface area contributed by atoms with Crippen molar-refractivity contribution in [2.24, 2.45) is 5.73 Å². The van der Waals surface area contributed by atoms with E-state index >= 15 is 0 Å². The van der Waals surface area contributed by atoms with Gasteiger partial charge in [-0.25, -0.2) is 0 Å². The zero-order valence-corrected chi connectivity index (χ0v) is 9.62. The molecular weight excluding hydrogens is 218 g/mol. The van der Waals surface area contributed by atoms with Crippen LogP contribution in [0.15, 0.2) is 18.2 Å². The molecule has 1 heterocycles. The monoisotopic (exact) mass is 233 g/mol. The number of nitrogens with one attached hydrogen (secondary N) is 2. The van der Waals surface area contributed by atoms with Crippen molar-refractivity contribution in [3.8, 4) is 0 Å².